The third-order valence-electron chi connectivity index (χ3n) is 4.91. The number of aryl methyl sites for hydroxylation is 1. The van der Waals surface area contributed by atoms with Gasteiger partial charge in [-0.1, -0.05) is 11.2 Å². The van der Waals surface area contributed by atoms with Crippen molar-refractivity contribution in [1.82, 2.24) is 25.2 Å². The lowest BCUT2D eigenvalue weighted by Gasteiger charge is -2.02. The molecule has 1 aliphatic rings. The van der Waals surface area contributed by atoms with Crippen molar-refractivity contribution in [2.45, 2.75) is 32.2 Å². The Morgan fingerprint density at radius 3 is 2.83 bits per heavy atom. The molecule has 1 fully saturated rings. The zero-order chi connectivity index (χ0) is 19.8. The molecule has 0 radical (unpaired) electrons. The molecule has 3 aromatic heterocycles. The smallest absolute Gasteiger partial charge is 0.255 e. The van der Waals surface area contributed by atoms with Crippen LogP contribution in [-0.4, -0.2) is 25.8 Å². The van der Waals surface area contributed by atoms with E-state index >= 15 is 0 Å². The Kier molecular flexibility index (Phi) is 4.48. The van der Waals surface area contributed by atoms with Crippen LogP contribution >= 0.6 is 11.3 Å². The van der Waals surface area contributed by atoms with E-state index in [0.717, 1.165) is 34.9 Å². The predicted molar refractivity (Wildman–Crippen MR) is 109 cm³/mol. The topological polar surface area (TPSA) is 85.8 Å². The van der Waals surface area contributed by atoms with Crippen molar-refractivity contribution in [3.63, 3.8) is 0 Å². The molecule has 1 aliphatic carbocycles. The van der Waals surface area contributed by atoms with Gasteiger partial charge in [0, 0.05) is 22.6 Å². The van der Waals surface area contributed by atoms with E-state index in [2.05, 4.69) is 20.6 Å². The van der Waals surface area contributed by atoms with Crippen LogP contribution in [0.2, 0.25) is 0 Å². The number of carbonyl (C=O) groups excluding carboxylic acids is 1. The van der Waals surface area contributed by atoms with Gasteiger partial charge in [-0.3, -0.25) is 4.79 Å². The lowest BCUT2D eigenvalue weighted by molar-refractivity contribution is 0.0950. The number of hydrogen-bond donors (Lipinski definition) is 1. The van der Waals surface area contributed by atoms with E-state index in [1.165, 1.54) is 0 Å². The van der Waals surface area contributed by atoms with Crippen molar-refractivity contribution in [3.05, 3.63) is 70.0 Å². The zero-order valence-corrected chi connectivity index (χ0v) is 16.6. The van der Waals surface area contributed by atoms with E-state index < -0.39 is 0 Å². The maximum atomic E-state index is 12.5. The molecule has 4 aromatic rings. The van der Waals surface area contributed by atoms with Crippen LogP contribution in [0.25, 0.3) is 17.1 Å². The lowest BCUT2D eigenvalue weighted by atomic mass is 10.2. The van der Waals surface area contributed by atoms with Gasteiger partial charge in [-0.2, -0.15) is 10.1 Å². The number of nitrogens with zero attached hydrogens (tertiary/aromatic N) is 4. The first-order valence-electron chi connectivity index (χ1n) is 9.48. The molecule has 0 atom stereocenters. The normalized spacial score (nSPS) is 13.6. The van der Waals surface area contributed by atoms with E-state index in [4.69, 9.17) is 4.52 Å². The molecule has 3 heterocycles. The summed E-state index contributed by atoms with van der Waals surface area (Å²) >= 11 is 1.62. The SMILES string of the molecule is Cc1nn(-c2ccc(-c3noc(C4CC4)n3)cc2)cc1C(=O)NCc1cccs1. The summed E-state index contributed by atoms with van der Waals surface area (Å²) in [5.41, 5.74) is 3.00. The number of aromatic nitrogens is 4. The van der Waals surface area contributed by atoms with Gasteiger partial charge < -0.3 is 9.84 Å². The molecule has 8 heteroatoms. The van der Waals surface area contributed by atoms with Crippen LogP contribution in [-0.2, 0) is 6.54 Å². The molecule has 1 amide bonds. The van der Waals surface area contributed by atoms with Gasteiger partial charge in [-0.25, -0.2) is 4.68 Å². The van der Waals surface area contributed by atoms with Crippen LogP contribution in [0.3, 0.4) is 0 Å². The summed E-state index contributed by atoms with van der Waals surface area (Å²) in [6.45, 7) is 2.35. The number of benzene rings is 1. The van der Waals surface area contributed by atoms with E-state index in [-0.39, 0.29) is 5.91 Å². The summed E-state index contributed by atoms with van der Waals surface area (Å²) in [5, 5.41) is 13.5. The van der Waals surface area contributed by atoms with Gasteiger partial charge in [-0.05, 0) is 55.5 Å². The summed E-state index contributed by atoms with van der Waals surface area (Å²) in [7, 11) is 0. The molecule has 0 aliphatic heterocycles. The number of hydrogen-bond acceptors (Lipinski definition) is 6. The number of thiophene rings is 1. The second-order valence-electron chi connectivity index (χ2n) is 7.11. The highest BCUT2D eigenvalue weighted by Crippen LogP contribution is 2.39. The minimum absolute atomic E-state index is 0.127. The van der Waals surface area contributed by atoms with Gasteiger partial charge in [0.15, 0.2) is 0 Å². The molecule has 1 N–H and O–H groups in total. The fourth-order valence-corrected chi connectivity index (χ4v) is 3.75. The van der Waals surface area contributed by atoms with E-state index in [0.29, 0.717) is 29.5 Å². The fourth-order valence-electron chi connectivity index (χ4n) is 3.10. The Hall–Kier alpha value is -3.26. The maximum absolute atomic E-state index is 12.5. The third kappa shape index (κ3) is 3.71. The molecule has 0 spiro atoms. The van der Waals surface area contributed by atoms with Gasteiger partial charge in [0.25, 0.3) is 5.91 Å². The minimum Gasteiger partial charge on any atom is -0.347 e. The fraction of sp³-hybridized carbons (Fsp3) is 0.238. The average Bonchev–Trinajstić information content (AvgIpc) is 3.13. The highest BCUT2D eigenvalue weighted by Gasteiger charge is 2.29. The molecule has 0 unspecified atom stereocenters. The van der Waals surface area contributed by atoms with Crippen molar-refractivity contribution >= 4 is 17.2 Å². The van der Waals surface area contributed by atoms with E-state index in [1.54, 1.807) is 22.2 Å². The molecule has 1 saturated carbocycles. The number of amides is 1. The minimum atomic E-state index is -0.127. The van der Waals surface area contributed by atoms with Crippen LogP contribution < -0.4 is 5.32 Å². The second-order valence-corrected chi connectivity index (χ2v) is 8.14. The summed E-state index contributed by atoms with van der Waals surface area (Å²) in [6, 6.07) is 11.7. The highest BCUT2D eigenvalue weighted by molar-refractivity contribution is 7.09. The maximum Gasteiger partial charge on any atom is 0.255 e. The summed E-state index contributed by atoms with van der Waals surface area (Å²) in [6.07, 6.45) is 4.01. The number of nitrogens with one attached hydrogen (secondary N) is 1. The molecule has 146 valence electrons. The molecule has 0 saturated heterocycles. The van der Waals surface area contributed by atoms with E-state index in [1.807, 2.05) is 48.7 Å². The van der Waals surface area contributed by atoms with Gasteiger partial charge >= 0.3 is 0 Å². The Morgan fingerprint density at radius 2 is 2.10 bits per heavy atom. The van der Waals surface area contributed by atoms with E-state index in [9.17, 15) is 4.79 Å². The molecule has 1 aromatic carbocycles. The molecule has 5 rings (SSSR count). The van der Waals surface area contributed by atoms with Crippen molar-refractivity contribution in [1.29, 1.82) is 0 Å². The summed E-state index contributed by atoms with van der Waals surface area (Å²) in [4.78, 5) is 18.1. The summed E-state index contributed by atoms with van der Waals surface area (Å²) < 4.78 is 7.04. The molecular formula is C21H19N5O2S. The third-order valence-corrected chi connectivity index (χ3v) is 5.78. The van der Waals surface area contributed by atoms with Crippen LogP contribution in [0.15, 0.2) is 52.5 Å². The zero-order valence-electron chi connectivity index (χ0n) is 15.8. The Labute approximate surface area is 171 Å². The first kappa shape index (κ1) is 17.8. The van der Waals surface area contributed by atoms with Crippen LogP contribution in [0.5, 0.6) is 0 Å². The van der Waals surface area contributed by atoms with Crippen LogP contribution in [0.4, 0.5) is 0 Å². The standard InChI is InChI=1S/C21H19N5O2S/c1-13-18(20(27)22-11-17-3-2-10-29-17)12-26(24-13)16-8-6-14(7-9-16)19-23-21(28-25-19)15-4-5-15/h2-3,6-10,12,15H,4-5,11H2,1H3,(H,22,27). The van der Waals surface area contributed by atoms with Crippen LogP contribution in [0.1, 0.15) is 45.6 Å². The van der Waals surface area contributed by atoms with Gasteiger partial charge in [0.05, 0.1) is 23.5 Å². The van der Waals surface area contributed by atoms with Crippen molar-refractivity contribution in [2.24, 2.45) is 0 Å². The molecule has 7 nitrogen and oxygen atoms in total. The van der Waals surface area contributed by atoms with Gasteiger partial charge in [-0.15, -0.1) is 11.3 Å². The molecular weight excluding hydrogens is 386 g/mol. The Bertz CT molecular complexity index is 1140. The van der Waals surface area contributed by atoms with Gasteiger partial charge in [0.1, 0.15) is 0 Å². The summed E-state index contributed by atoms with van der Waals surface area (Å²) in [5.74, 6) is 1.64. The number of rotatable bonds is 6. The average molecular weight is 405 g/mol. The predicted octanol–water partition coefficient (Wildman–Crippen LogP) is 4.10. The molecule has 0 bridgehead atoms. The second kappa shape index (κ2) is 7.29. The first-order chi connectivity index (χ1) is 14.2. The quantitative estimate of drug-likeness (QED) is 0.522. The van der Waals surface area contributed by atoms with Crippen LogP contribution in [0, 0.1) is 6.92 Å². The highest BCUT2D eigenvalue weighted by atomic mass is 32.1. The first-order valence-corrected chi connectivity index (χ1v) is 10.4. The number of carbonyl (C=O) groups is 1. The Balaban J connectivity index is 1.31. The largest absolute Gasteiger partial charge is 0.347 e. The van der Waals surface area contributed by atoms with Crippen molar-refractivity contribution in [3.8, 4) is 17.1 Å². The van der Waals surface area contributed by atoms with Crippen molar-refractivity contribution in [2.75, 3.05) is 0 Å². The lowest BCUT2D eigenvalue weighted by Crippen LogP contribution is -2.22. The van der Waals surface area contributed by atoms with Crippen molar-refractivity contribution < 1.29 is 9.32 Å². The Morgan fingerprint density at radius 1 is 1.28 bits per heavy atom. The molecule has 29 heavy (non-hydrogen) atoms. The monoisotopic (exact) mass is 405 g/mol. The van der Waals surface area contributed by atoms with Gasteiger partial charge in [0.2, 0.25) is 11.7 Å².